The number of fused-ring (bicyclic) bond motifs is 1. The van der Waals surface area contributed by atoms with E-state index in [4.69, 9.17) is 0 Å². The molecule has 0 aliphatic rings. The van der Waals surface area contributed by atoms with E-state index < -0.39 is 0 Å². The second-order valence-corrected chi connectivity index (χ2v) is 6.62. The highest BCUT2D eigenvalue weighted by Gasteiger charge is 2.15. The average molecular weight is 272 g/mol. The maximum atomic E-state index is 11.8. The summed E-state index contributed by atoms with van der Waals surface area (Å²) in [6.45, 7) is 6.94. The van der Waals surface area contributed by atoms with Gasteiger partial charge in [0.25, 0.3) is 0 Å². The van der Waals surface area contributed by atoms with Gasteiger partial charge in [0, 0.05) is 37.1 Å². The second-order valence-electron chi connectivity index (χ2n) is 6.62. The first kappa shape index (κ1) is 14.6. The molecule has 1 N–H and O–H groups in total. The third kappa shape index (κ3) is 3.62. The van der Waals surface area contributed by atoms with Gasteiger partial charge in [-0.2, -0.15) is 0 Å². The Morgan fingerprint density at radius 3 is 2.65 bits per heavy atom. The molecule has 3 heteroatoms. The highest BCUT2D eigenvalue weighted by atomic mass is 16.1. The largest absolute Gasteiger partial charge is 0.356 e. The highest BCUT2D eigenvalue weighted by molar-refractivity contribution is 5.84. The molecule has 1 amide bonds. The molecule has 0 saturated carbocycles. The van der Waals surface area contributed by atoms with Gasteiger partial charge in [0.05, 0.1) is 0 Å². The van der Waals surface area contributed by atoms with Crippen molar-refractivity contribution in [3.63, 3.8) is 0 Å². The number of aromatic nitrogens is 1. The van der Waals surface area contributed by atoms with Crippen molar-refractivity contribution in [3.05, 3.63) is 36.0 Å². The van der Waals surface area contributed by atoms with Crippen LogP contribution in [0, 0.1) is 5.41 Å². The van der Waals surface area contributed by atoms with Gasteiger partial charge in [0.15, 0.2) is 0 Å². The molecule has 3 nitrogen and oxygen atoms in total. The second kappa shape index (κ2) is 5.70. The maximum Gasteiger partial charge on any atom is 0.220 e. The number of carbonyl (C=O) groups excluding carboxylic acids is 1. The van der Waals surface area contributed by atoms with Gasteiger partial charge in [-0.05, 0) is 23.5 Å². The standard InChI is InChI=1S/C17H24N2O/c1-17(2,3)11-16(20)18-10-9-13-12-19(4)15-8-6-5-7-14(13)15/h5-8,12H,9-11H2,1-4H3,(H,18,20). The molecule has 0 unspecified atom stereocenters. The van der Waals surface area contributed by atoms with Crippen LogP contribution in [0.4, 0.5) is 0 Å². The van der Waals surface area contributed by atoms with Crippen molar-refractivity contribution >= 4 is 16.8 Å². The number of hydrogen-bond acceptors (Lipinski definition) is 1. The van der Waals surface area contributed by atoms with Gasteiger partial charge < -0.3 is 9.88 Å². The summed E-state index contributed by atoms with van der Waals surface area (Å²) in [6, 6.07) is 8.37. The predicted octanol–water partition coefficient (Wildman–Crippen LogP) is 3.27. The van der Waals surface area contributed by atoms with Gasteiger partial charge >= 0.3 is 0 Å². The number of nitrogens with one attached hydrogen (secondary N) is 1. The van der Waals surface area contributed by atoms with Crippen LogP contribution >= 0.6 is 0 Å². The van der Waals surface area contributed by atoms with Crippen LogP contribution < -0.4 is 5.32 Å². The van der Waals surface area contributed by atoms with E-state index in [-0.39, 0.29) is 11.3 Å². The first-order chi connectivity index (χ1) is 9.37. The van der Waals surface area contributed by atoms with E-state index in [1.165, 1.54) is 16.5 Å². The number of para-hydroxylation sites is 1. The van der Waals surface area contributed by atoms with Crippen LogP contribution in [0.15, 0.2) is 30.5 Å². The Morgan fingerprint density at radius 1 is 1.25 bits per heavy atom. The number of aryl methyl sites for hydroxylation is 1. The molecule has 0 spiro atoms. The van der Waals surface area contributed by atoms with E-state index in [1.54, 1.807) is 0 Å². The van der Waals surface area contributed by atoms with Gasteiger partial charge in [0.1, 0.15) is 0 Å². The summed E-state index contributed by atoms with van der Waals surface area (Å²) in [7, 11) is 2.06. The molecular formula is C17H24N2O. The Kier molecular flexibility index (Phi) is 4.17. The van der Waals surface area contributed by atoms with Crippen molar-refractivity contribution in [1.82, 2.24) is 9.88 Å². The lowest BCUT2D eigenvalue weighted by molar-refractivity contribution is -0.122. The van der Waals surface area contributed by atoms with E-state index in [2.05, 4.69) is 68.2 Å². The van der Waals surface area contributed by atoms with Gasteiger partial charge in [-0.1, -0.05) is 39.0 Å². The minimum atomic E-state index is 0.0452. The van der Waals surface area contributed by atoms with Crippen molar-refractivity contribution in [2.45, 2.75) is 33.6 Å². The molecule has 0 saturated heterocycles. The molecule has 0 atom stereocenters. The zero-order valence-electron chi connectivity index (χ0n) is 12.9. The molecular weight excluding hydrogens is 248 g/mol. The Labute approximate surface area is 121 Å². The van der Waals surface area contributed by atoms with Crippen molar-refractivity contribution in [2.24, 2.45) is 12.5 Å². The van der Waals surface area contributed by atoms with Gasteiger partial charge in [-0.25, -0.2) is 0 Å². The summed E-state index contributed by atoms with van der Waals surface area (Å²) >= 11 is 0. The molecule has 20 heavy (non-hydrogen) atoms. The van der Waals surface area contributed by atoms with E-state index in [0.29, 0.717) is 13.0 Å². The Balaban J connectivity index is 1.95. The quantitative estimate of drug-likeness (QED) is 0.910. The lowest BCUT2D eigenvalue weighted by Gasteiger charge is -2.17. The van der Waals surface area contributed by atoms with Gasteiger partial charge in [-0.15, -0.1) is 0 Å². The summed E-state index contributed by atoms with van der Waals surface area (Å²) in [5.74, 6) is 0.137. The summed E-state index contributed by atoms with van der Waals surface area (Å²) in [4.78, 5) is 11.8. The number of carbonyl (C=O) groups is 1. The van der Waals surface area contributed by atoms with Crippen molar-refractivity contribution in [2.75, 3.05) is 6.54 Å². The number of benzene rings is 1. The van der Waals surface area contributed by atoms with Gasteiger partial charge in [0.2, 0.25) is 5.91 Å². The van der Waals surface area contributed by atoms with Crippen molar-refractivity contribution < 1.29 is 4.79 Å². The fourth-order valence-electron chi connectivity index (χ4n) is 2.51. The zero-order valence-corrected chi connectivity index (χ0v) is 12.9. The number of rotatable bonds is 4. The summed E-state index contributed by atoms with van der Waals surface area (Å²) in [5.41, 5.74) is 2.58. The smallest absolute Gasteiger partial charge is 0.220 e. The fraction of sp³-hybridized carbons (Fsp3) is 0.471. The van der Waals surface area contributed by atoms with E-state index in [9.17, 15) is 4.79 Å². The lowest BCUT2D eigenvalue weighted by Crippen LogP contribution is -2.29. The van der Waals surface area contributed by atoms with Crippen LogP contribution in [0.1, 0.15) is 32.8 Å². The number of hydrogen-bond donors (Lipinski definition) is 1. The van der Waals surface area contributed by atoms with E-state index >= 15 is 0 Å². The summed E-state index contributed by atoms with van der Waals surface area (Å²) in [5, 5.41) is 4.29. The highest BCUT2D eigenvalue weighted by Crippen LogP contribution is 2.21. The third-order valence-electron chi connectivity index (χ3n) is 3.39. The molecule has 0 radical (unpaired) electrons. The zero-order chi connectivity index (χ0) is 14.8. The maximum absolute atomic E-state index is 11.8. The lowest BCUT2D eigenvalue weighted by atomic mass is 9.92. The first-order valence-corrected chi connectivity index (χ1v) is 7.16. The van der Waals surface area contributed by atoms with Gasteiger partial charge in [-0.3, -0.25) is 4.79 Å². The third-order valence-corrected chi connectivity index (χ3v) is 3.39. The Bertz CT molecular complexity index is 605. The first-order valence-electron chi connectivity index (χ1n) is 7.16. The SMILES string of the molecule is Cn1cc(CCNC(=O)CC(C)(C)C)c2ccccc21. The minimum Gasteiger partial charge on any atom is -0.356 e. The summed E-state index contributed by atoms with van der Waals surface area (Å²) < 4.78 is 2.14. The molecule has 1 aromatic heterocycles. The molecule has 0 bridgehead atoms. The molecule has 108 valence electrons. The van der Waals surface area contributed by atoms with Crippen LogP contribution in [-0.4, -0.2) is 17.0 Å². The van der Waals surface area contributed by atoms with Crippen LogP contribution in [0.25, 0.3) is 10.9 Å². The molecule has 2 rings (SSSR count). The molecule has 0 fully saturated rings. The number of nitrogens with zero attached hydrogens (tertiary/aromatic N) is 1. The van der Waals surface area contributed by atoms with Crippen molar-refractivity contribution in [3.8, 4) is 0 Å². The van der Waals surface area contributed by atoms with E-state index in [1.807, 2.05) is 0 Å². The normalized spacial score (nSPS) is 11.8. The van der Waals surface area contributed by atoms with Crippen LogP contribution in [0.3, 0.4) is 0 Å². The molecule has 1 heterocycles. The average Bonchev–Trinajstić information content (AvgIpc) is 2.65. The number of amides is 1. The van der Waals surface area contributed by atoms with Crippen LogP contribution in [-0.2, 0) is 18.3 Å². The predicted molar refractivity (Wildman–Crippen MR) is 83.7 cm³/mol. The van der Waals surface area contributed by atoms with E-state index in [0.717, 1.165) is 6.42 Å². The van der Waals surface area contributed by atoms with Crippen molar-refractivity contribution in [1.29, 1.82) is 0 Å². The fourth-order valence-corrected chi connectivity index (χ4v) is 2.51. The molecule has 0 aliphatic carbocycles. The van der Waals surface area contributed by atoms with Crippen LogP contribution in [0.5, 0.6) is 0 Å². The molecule has 2 aromatic rings. The monoisotopic (exact) mass is 272 g/mol. The summed E-state index contributed by atoms with van der Waals surface area (Å²) in [6.07, 6.45) is 3.60. The molecule has 0 aliphatic heterocycles. The van der Waals surface area contributed by atoms with Crippen LogP contribution in [0.2, 0.25) is 0 Å². The Hall–Kier alpha value is -1.77. The minimum absolute atomic E-state index is 0.0452. The Morgan fingerprint density at radius 2 is 1.95 bits per heavy atom. The molecule has 1 aromatic carbocycles. The topological polar surface area (TPSA) is 34.0 Å².